The Morgan fingerprint density at radius 1 is 1.17 bits per heavy atom. The predicted octanol–water partition coefficient (Wildman–Crippen LogP) is 1.80. The van der Waals surface area contributed by atoms with Crippen LogP contribution in [0.15, 0.2) is 35.1 Å². The minimum Gasteiger partial charge on any atom is -0.486 e. The van der Waals surface area contributed by atoms with E-state index in [-0.39, 0.29) is 5.75 Å². The lowest BCUT2D eigenvalue weighted by molar-refractivity contribution is 0.171. The molecule has 23 heavy (non-hydrogen) atoms. The topological polar surface area (TPSA) is 90.7 Å². The smallest absolute Gasteiger partial charge is 0.218 e. The lowest BCUT2D eigenvalue weighted by Gasteiger charge is -2.28. The van der Waals surface area contributed by atoms with Crippen molar-refractivity contribution in [2.45, 2.75) is 25.1 Å². The van der Waals surface area contributed by atoms with Crippen molar-refractivity contribution in [1.82, 2.24) is 9.88 Å². The van der Waals surface area contributed by atoms with Gasteiger partial charge in [0.1, 0.15) is 25.2 Å². The zero-order chi connectivity index (χ0) is 16.5. The van der Waals surface area contributed by atoms with Crippen molar-refractivity contribution in [3.8, 4) is 11.5 Å². The van der Waals surface area contributed by atoms with E-state index >= 15 is 0 Å². The molecule has 1 aromatic heterocycles. The van der Waals surface area contributed by atoms with Crippen molar-refractivity contribution in [2.75, 3.05) is 13.2 Å². The number of aromatic nitrogens is 1. The van der Waals surface area contributed by atoms with Crippen LogP contribution >= 0.6 is 0 Å². The highest BCUT2D eigenvalue weighted by molar-refractivity contribution is 7.88. The quantitative estimate of drug-likeness (QED) is 0.894. The van der Waals surface area contributed by atoms with Crippen LogP contribution in [0.5, 0.6) is 11.5 Å². The molecule has 1 N–H and O–H groups in total. The molecule has 2 heterocycles. The zero-order valence-electron chi connectivity index (χ0n) is 12.9. The van der Waals surface area contributed by atoms with Gasteiger partial charge in [0.15, 0.2) is 11.5 Å². The number of benzene rings is 1. The Morgan fingerprint density at radius 3 is 2.61 bits per heavy atom. The van der Waals surface area contributed by atoms with E-state index in [1.54, 1.807) is 26.0 Å². The second-order valence-corrected chi connectivity index (χ2v) is 7.56. The minimum atomic E-state index is -3.58. The Kier molecular flexibility index (Phi) is 4.03. The van der Waals surface area contributed by atoms with Crippen molar-refractivity contribution in [1.29, 1.82) is 0 Å². The molecular weight excluding hydrogens is 320 g/mol. The number of rotatable bonds is 5. The summed E-state index contributed by atoms with van der Waals surface area (Å²) < 4.78 is 43.0. The molecule has 0 bridgehead atoms. The second kappa shape index (κ2) is 5.86. The van der Waals surface area contributed by atoms with Gasteiger partial charge in [-0.1, -0.05) is 11.2 Å². The SMILES string of the molecule is CC(C)(NS(=O)(=O)Cc1ccon1)c1ccc2c(c1)OCCO2. The van der Waals surface area contributed by atoms with E-state index in [9.17, 15) is 8.42 Å². The van der Waals surface area contributed by atoms with Crippen LogP contribution in [-0.4, -0.2) is 26.8 Å². The molecular formula is C15H18N2O5S. The maximum Gasteiger partial charge on any atom is 0.218 e. The number of nitrogens with zero attached hydrogens (tertiary/aromatic N) is 1. The van der Waals surface area contributed by atoms with Gasteiger partial charge in [-0.25, -0.2) is 13.1 Å². The average molecular weight is 338 g/mol. The largest absolute Gasteiger partial charge is 0.486 e. The van der Waals surface area contributed by atoms with Crippen LogP contribution < -0.4 is 14.2 Å². The van der Waals surface area contributed by atoms with E-state index in [4.69, 9.17) is 9.47 Å². The van der Waals surface area contributed by atoms with Gasteiger partial charge in [-0.05, 0) is 31.5 Å². The number of hydrogen-bond donors (Lipinski definition) is 1. The Balaban J connectivity index is 1.80. The molecule has 1 aromatic carbocycles. The average Bonchev–Trinajstić information content (AvgIpc) is 2.97. The van der Waals surface area contributed by atoms with Gasteiger partial charge in [-0.2, -0.15) is 0 Å². The van der Waals surface area contributed by atoms with Crippen LogP contribution in [0.4, 0.5) is 0 Å². The van der Waals surface area contributed by atoms with Gasteiger partial charge in [0, 0.05) is 6.07 Å². The molecule has 0 unspecified atom stereocenters. The van der Waals surface area contributed by atoms with E-state index in [2.05, 4.69) is 14.4 Å². The normalized spacial score (nSPS) is 14.7. The van der Waals surface area contributed by atoms with Gasteiger partial charge in [0.25, 0.3) is 0 Å². The molecule has 0 amide bonds. The van der Waals surface area contributed by atoms with Gasteiger partial charge in [-0.3, -0.25) is 0 Å². The van der Waals surface area contributed by atoms with Crippen molar-refractivity contribution in [3.05, 3.63) is 41.8 Å². The highest BCUT2D eigenvalue weighted by Gasteiger charge is 2.29. The molecule has 0 saturated heterocycles. The first-order valence-corrected chi connectivity index (χ1v) is 8.82. The van der Waals surface area contributed by atoms with Crippen LogP contribution in [0, 0.1) is 0 Å². The standard InChI is InChI=1S/C15H18N2O5S/c1-15(2,17-23(18,19)10-12-5-6-22-16-12)11-3-4-13-14(9-11)21-8-7-20-13/h3-6,9,17H,7-8,10H2,1-2H3. The Bertz CT molecular complexity index is 784. The molecule has 3 rings (SSSR count). The lowest BCUT2D eigenvalue weighted by atomic mass is 9.95. The summed E-state index contributed by atoms with van der Waals surface area (Å²) in [6.07, 6.45) is 1.34. The molecule has 0 aliphatic carbocycles. The highest BCUT2D eigenvalue weighted by Crippen LogP contribution is 2.34. The third kappa shape index (κ3) is 3.65. The first-order valence-electron chi connectivity index (χ1n) is 7.17. The van der Waals surface area contributed by atoms with Gasteiger partial charge < -0.3 is 14.0 Å². The monoisotopic (exact) mass is 338 g/mol. The predicted molar refractivity (Wildman–Crippen MR) is 82.7 cm³/mol. The first kappa shape index (κ1) is 15.8. The molecule has 1 aliphatic heterocycles. The van der Waals surface area contributed by atoms with Crippen LogP contribution in [0.3, 0.4) is 0 Å². The molecule has 0 fully saturated rings. The number of ether oxygens (including phenoxy) is 2. The minimum absolute atomic E-state index is 0.239. The van der Waals surface area contributed by atoms with Crippen LogP contribution in [0.25, 0.3) is 0 Å². The highest BCUT2D eigenvalue weighted by atomic mass is 32.2. The molecule has 0 saturated carbocycles. The Morgan fingerprint density at radius 2 is 1.91 bits per heavy atom. The third-order valence-electron chi connectivity index (χ3n) is 3.50. The summed E-state index contributed by atoms with van der Waals surface area (Å²) in [5, 5.41) is 3.63. The van der Waals surface area contributed by atoms with E-state index in [0.717, 1.165) is 5.56 Å². The molecule has 124 valence electrons. The van der Waals surface area contributed by atoms with Crippen LogP contribution in [-0.2, 0) is 21.3 Å². The summed E-state index contributed by atoms with van der Waals surface area (Å²) in [7, 11) is -3.58. The third-order valence-corrected chi connectivity index (χ3v) is 5.00. The van der Waals surface area contributed by atoms with Crippen molar-refractivity contribution < 1.29 is 22.4 Å². The molecule has 0 radical (unpaired) electrons. The fourth-order valence-corrected chi connectivity index (χ4v) is 3.93. The summed E-state index contributed by atoms with van der Waals surface area (Å²) >= 11 is 0. The number of sulfonamides is 1. The van der Waals surface area contributed by atoms with Gasteiger partial charge in [0.05, 0.1) is 11.2 Å². The number of hydrogen-bond acceptors (Lipinski definition) is 6. The van der Waals surface area contributed by atoms with Crippen molar-refractivity contribution >= 4 is 10.0 Å². The van der Waals surface area contributed by atoms with Gasteiger partial charge >= 0.3 is 0 Å². The number of fused-ring (bicyclic) bond motifs is 1. The Hall–Kier alpha value is -2.06. The fourth-order valence-electron chi connectivity index (χ4n) is 2.42. The molecule has 2 aromatic rings. The summed E-state index contributed by atoms with van der Waals surface area (Å²) in [6, 6.07) is 6.94. The van der Waals surface area contributed by atoms with Crippen molar-refractivity contribution in [3.63, 3.8) is 0 Å². The molecule has 7 nitrogen and oxygen atoms in total. The van der Waals surface area contributed by atoms with Gasteiger partial charge in [0.2, 0.25) is 10.0 Å². The maximum absolute atomic E-state index is 12.3. The maximum atomic E-state index is 12.3. The van der Waals surface area contributed by atoms with E-state index in [1.165, 1.54) is 12.3 Å². The fraction of sp³-hybridized carbons (Fsp3) is 0.400. The van der Waals surface area contributed by atoms with Gasteiger partial charge in [-0.15, -0.1) is 0 Å². The number of nitrogens with one attached hydrogen (secondary N) is 1. The lowest BCUT2D eigenvalue weighted by Crippen LogP contribution is -2.41. The Labute approximate surface area is 134 Å². The summed E-state index contributed by atoms with van der Waals surface area (Å²) in [6.45, 7) is 4.58. The van der Waals surface area contributed by atoms with E-state index in [1.807, 2.05) is 6.07 Å². The van der Waals surface area contributed by atoms with Crippen LogP contribution in [0.1, 0.15) is 25.1 Å². The zero-order valence-corrected chi connectivity index (χ0v) is 13.7. The van der Waals surface area contributed by atoms with E-state index in [0.29, 0.717) is 30.4 Å². The summed E-state index contributed by atoms with van der Waals surface area (Å²) in [5.74, 6) is 1.05. The summed E-state index contributed by atoms with van der Waals surface area (Å²) in [5.41, 5.74) is 0.333. The summed E-state index contributed by atoms with van der Waals surface area (Å²) in [4.78, 5) is 0. The molecule has 1 aliphatic rings. The van der Waals surface area contributed by atoms with E-state index < -0.39 is 15.6 Å². The first-order chi connectivity index (χ1) is 10.9. The molecule has 8 heteroatoms. The molecule has 0 atom stereocenters. The second-order valence-electron chi connectivity index (χ2n) is 5.84. The molecule has 0 spiro atoms. The van der Waals surface area contributed by atoms with Crippen LogP contribution in [0.2, 0.25) is 0 Å². The van der Waals surface area contributed by atoms with Crippen molar-refractivity contribution in [2.24, 2.45) is 0 Å².